The van der Waals surface area contributed by atoms with Gasteiger partial charge in [-0.25, -0.2) is 0 Å². The Morgan fingerprint density at radius 2 is 1.82 bits per heavy atom. The van der Waals surface area contributed by atoms with Gasteiger partial charge in [0.15, 0.2) is 0 Å². The first-order valence-electron chi connectivity index (χ1n) is 7.14. The van der Waals surface area contributed by atoms with Gasteiger partial charge >= 0.3 is 6.36 Å². The second-order valence-electron chi connectivity index (χ2n) is 5.06. The fraction of sp³-hybridized carbons (Fsp3) is 0.533. The number of hydrogen-bond acceptors (Lipinski definition) is 3. The third-order valence-corrected chi connectivity index (χ3v) is 3.42. The second kappa shape index (κ2) is 7.49. The number of rotatable bonds is 5. The van der Waals surface area contributed by atoms with Crippen LogP contribution in [0.4, 0.5) is 13.2 Å². The molecule has 0 N–H and O–H groups in total. The maximum Gasteiger partial charge on any atom is 0.522 e. The summed E-state index contributed by atoms with van der Waals surface area (Å²) in [5, 5.41) is 0. The summed E-state index contributed by atoms with van der Waals surface area (Å²) >= 11 is 0. The molecule has 22 heavy (non-hydrogen) atoms. The molecule has 1 aromatic carbocycles. The number of benzene rings is 1. The van der Waals surface area contributed by atoms with Crippen LogP contribution in [0.2, 0.25) is 0 Å². The minimum absolute atomic E-state index is 0.110. The van der Waals surface area contributed by atoms with Gasteiger partial charge in [0.1, 0.15) is 5.75 Å². The number of para-hydroxylation sites is 1. The summed E-state index contributed by atoms with van der Waals surface area (Å²) in [6, 6.07) is 9.13. The number of piperidine rings is 1. The van der Waals surface area contributed by atoms with Gasteiger partial charge in [-0.2, -0.15) is 0 Å². The number of alkyl halides is 3. The van der Waals surface area contributed by atoms with Crippen molar-refractivity contribution < 1.29 is 27.4 Å². The van der Waals surface area contributed by atoms with E-state index in [1.807, 2.05) is 18.2 Å². The Labute approximate surface area is 126 Å². The van der Waals surface area contributed by atoms with Crippen LogP contribution >= 0.6 is 0 Å². The first-order valence-corrected chi connectivity index (χ1v) is 7.14. The molecule has 1 aromatic rings. The predicted molar refractivity (Wildman–Crippen MR) is 73.3 cm³/mol. The van der Waals surface area contributed by atoms with Crippen molar-refractivity contribution in [3.05, 3.63) is 30.3 Å². The Bertz CT molecular complexity index is 471. The standard InChI is InChI=1S/C15H18F3NO3/c16-15(17,18)22-13-6-9-19(10-7-13)14(20)8-11-21-12-4-2-1-3-5-12/h1-5,13H,6-11H2. The van der Waals surface area contributed by atoms with Crippen LogP contribution in [0.5, 0.6) is 5.75 Å². The zero-order valence-electron chi connectivity index (χ0n) is 12.0. The number of amides is 1. The summed E-state index contributed by atoms with van der Waals surface area (Å²) < 4.78 is 45.7. The molecular formula is C15H18F3NO3. The Hall–Kier alpha value is -1.76. The lowest BCUT2D eigenvalue weighted by Gasteiger charge is -2.32. The lowest BCUT2D eigenvalue weighted by molar-refractivity contribution is -0.345. The van der Waals surface area contributed by atoms with E-state index in [9.17, 15) is 18.0 Å². The molecule has 4 nitrogen and oxygen atoms in total. The summed E-state index contributed by atoms with van der Waals surface area (Å²) in [6.07, 6.45) is -4.86. The zero-order valence-corrected chi connectivity index (χ0v) is 12.0. The van der Waals surface area contributed by atoms with Gasteiger partial charge in [-0.05, 0) is 25.0 Å². The van der Waals surface area contributed by atoms with Gasteiger partial charge in [-0.15, -0.1) is 13.2 Å². The molecule has 0 aliphatic carbocycles. The van der Waals surface area contributed by atoms with Crippen LogP contribution in [0.3, 0.4) is 0 Å². The molecule has 2 rings (SSSR count). The molecule has 1 heterocycles. The van der Waals surface area contributed by atoms with E-state index in [4.69, 9.17) is 4.74 Å². The molecule has 1 aliphatic rings. The average Bonchev–Trinajstić information content (AvgIpc) is 2.47. The summed E-state index contributed by atoms with van der Waals surface area (Å²) in [7, 11) is 0. The molecular weight excluding hydrogens is 299 g/mol. The molecule has 1 saturated heterocycles. The van der Waals surface area contributed by atoms with Crippen molar-refractivity contribution in [1.82, 2.24) is 4.90 Å². The lowest BCUT2D eigenvalue weighted by atomic mass is 10.1. The number of likely N-dealkylation sites (tertiary alicyclic amines) is 1. The number of halogens is 3. The van der Waals surface area contributed by atoms with Gasteiger partial charge in [-0.3, -0.25) is 9.53 Å². The first kappa shape index (κ1) is 16.6. The lowest BCUT2D eigenvalue weighted by Crippen LogP contribution is -2.42. The second-order valence-corrected chi connectivity index (χ2v) is 5.06. The fourth-order valence-electron chi connectivity index (χ4n) is 2.34. The van der Waals surface area contributed by atoms with E-state index in [-0.39, 0.29) is 44.9 Å². The number of nitrogens with zero attached hydrogens (tertiary/aromatic N) is 1. The molecule has 0 unspecified atom stereocenters. The molecule has 1 fully saturated rings. The quantitative estimate of drug-likeness (QED) is 0.838. The van der Waals surface area contributed by atoms with Crippen molar-refractivity contribution in [3.63, 3.8) is 0 Å². The van der Waals surface area contributed by atoms with Crippen LogP contribution < -0.4 is 4.74 Å². The SMILES string of the molecule is O=C(CCOc1ccccc1)N1CCC(OC(F)(F)F)CC1. The smallest absolute Gasteiger partial charge is 0.493 e. The molecule has 7 heteroatoms. The predicted octanol–water partition coefficient (Wildman–Crippen LogP) is 2.98. The zero-order chi connectivity index (χ0) is 16.0. The first-order chi connectivity index (χ1) is 10.4. The molecule has 0 aromatic heterocycles. The Morgan fingerprint density at radius 3 is 2.41 bits per heavy atom. The van der Waals surface area contributed by atoms with Crippen LogP contribution in [0.1, 0.15) is 19.3 Å². The van der Waals surface area contributed by atoms with E-state index < -0.39 is 12.5 Å². The fourth-order valence-corrected chi connectivity index (χ4v) is 2.34. The van der Waals surface area contributed by atoms with Gasteiger partial charge in [0.25, 0.3) is 0 Å². The highest BCUT2D eigenvalue weighted by atomic mass is 19.4. The van der Waals surface area contributed by atoms with Gasteiger partial charge in [0.05, 0.1) is 19.1 Å². The molecule has 0 bridgehead atoms. The Kier molecular flexibility index (Phi) is 5.65. The molecule has 122 valence electrons. The van der Waals surface area contributed by atoms with Gasteiger partial charge in [-0.1, -0.05) is 18.2 Å². The van der Waals surface area contributed by atoms with E-state index in [1.165, 1.54) is 0 Å². The third kappa shape index (κ3) is 5.55. The normalized spacial score (nSPS) is 16.6. The minimum atomic E-state index is -4.61. The van der Waals surface area contributed by atoms with E-state index in [0.717, 1.165) is 0 Å². The summed E-state index contributed by atoms with van der Waals surface area (Å²) in [6.45, 7) is 0.817. The highest BCUT2D eigenvalue weighted by Crippen LogP contribution is 2.24. The van der Waals surface area contributed by atoms with Crippen molar-refractivity contribution in [3.8, 4) is 5.75 Å². The van der Waals surface area contributed by atoms with Crippen molar-refractivity contribution in [1.29, 1.82) is 0 Å². The van der Waals surface area contributed by atoms with Crippen LogP contribution in [-0.4, -0.2) is 43.0 Å². The average molecular weight is 317 g/mol. The molecule has 0 radical (unpaired) electrons. The highest BCUT2D eigenvalue weighted by molar-refractivity contribution is 5.76. The summed E-state index contributed by atoms with van der Waals surface area (Å²) in [4.78, 5) is 13.5. The maximum atomic E-state index is 12.1. The van der Waals surface area contributed by atoms with Crippen molar-refractivity contribution in [2.75, 3.05) is 19.7 Å². The molecule has 1 amide bonds. The van der Waals surface area contributed by atoms with E-state index in [0.29, 0.717) is 5.75 Å². The number of carbonyl (C=O) groups excluding carboxylic acids is 1. The van der Waals surface area contributed by atoms with E-state index >= 15 is 0 Å². The topological polar surface area (TPSA) is 38.8 Å². The molecule has 0 atom stereocenters. The van der Waals surface area contributed by atoms with Crippen LogP contribution in [0, 0.1) is 0 Å². The Balaban J connectivity index is 1.67. The molecule has 1 aliphatic heterocycles. The van der Waals surface area contributed by atoms with Crippen molar-refractivity contribution >= 4 is 5.91 Å². The van der Waals surface area contributed by atoms with E-state index in [2.05, 4.69) is 4.74 Å². The van der Waals surface area contributed by atoms with Gasteiger partial charge in [0.2, 0.25) is 5.91 Å². The largest absolute Gasteiger partial charge is 0.522 e. The van der Waals surface area contributed by atoms with Gasteiger partial charge < -0.3 is 9.64 Å². The van der Waals surface area contributed by atoms with Gasteiger partial charge in [0, 0.05) is 13.1 Å². The minimum Gasteiger partial charge on any atom is -0.493 e. The van der Waals surface area contributed by atoms with Crippen molar-refractivity contribution in [2.45, 2.75) is 31.7 Å². The van der Waals surface area contributed by atoms with E-state index in [1.54, 1.807) is 17.0 Å². The van der Waals surface area contributed by atoms with Crippen molar-refractivity contribution in [2.24, 2.45) is 0 Å². The third-order valence-electron chi connectivity index (χ3n) is 3.42. The van der Waals surface area contributed by atoms with Crippen LogP contribution in [0.25, 0.3) is 0 Å². The maximum absolute atomic E-state index is 12.1. The highest BCUT2D eigenvalue weighted by Gasteiger charge is 2.35. The van der Waals surface area contributed by atoms with Crippen LogP contribution in [0.15, 0.2) is 30.3 Å². The summed E-state index contributed by atoms with van der Waals surface area (Å²) in [5.41, 5.74) is 0. The number of carbonyl (C=O) groups is 1. The Morgan fingerprint density at radius 1 is 1.18 bits per heavy atom. The number of hydrogen-bond donors (Lipinski definition) is 0. The van der Waals surface area contributed by atoms with Crippen LogP contribution in [-0.2, 0) is 9.53 Å². The number of ether oxygens (including phenoxy) is 2. The monoisotopic (exact) mass is 317 g/mol. The molecule has 0 saturated carbocycles. The molecule has 0 spiro atoms. The summed E-state index contributed by atoms with van der Waals surface area (Å²) in [5.74, 6) is 0.578.